The summed E-state index contributed by atoms with van der Waals surface area (Å²) in [7, 11) is 1.29. The van der Waals surface area contributed by atoms with Crippen LogP contribution in [0.4, 0.5) is 4.79 Å². The largest absolute Gasteiger partial charge is 0.467 e. The molecule has 1 amide bonds. The SMILES string of the molecule is C=C(C)/C=C/CC[C@H](NC(=O)OC(C)(C)C)C(=O)OC. The number of nitrogens with one attached hydrogen (secondary N) is 1. The number of esters is 1. The van der Waals surface area contributed by atoms with Gasteiger partial charge in [-0.1, -0.05) is 24.3 Å². The summed E-state index contributed by atoms with van der Waals surface area (Å²) in [5, 5.41) is 2.52. The summed E-state index contributed by atoms with van der Waals surface area (Å²) in [6.07, 6.45) is 4.20. The molecule has 0 aromatic carbocycles. The molecule has 0 aromatic rings. The summed E-state index contributed by atoms with van der Waals surface area (Å²) in [5.41, 5.74) is 0.324. The molecular weight excluding hydrogens is 258 g/mol. The number of hydrogen-bond donors (Lipinski definition) is 1. The molecule has 0 saturated carbocycles. The number of rotatable bonds is 6. The van der Waals surface area contributed by atoms with Crippen molar-refractivity contribution in [2.75, 3.05) is 7.11 Å². The van der Waals surface area contributed by atoms with Gasteiger partial charge in [0.1, 0.15) is 11.6 Å². The Hall–Kier alpha value is -1.78. The summed E-state index contributed by atoms with van der Waals surface area (Å²) in [4.78, 5) is 23.3. The maximum absolute atomic E-state index is 11.7. The second-order valence-corrected chi connectivity index (χ2v) is 5.55. The van der Waals surface area contributed by atoms with Crippen molar-refractivity contribution in [3.05, 3.63) is 24.3 Å². The zero-order valence-corrected chi connectivity index (χ0v) is 13.0. The molecule has 0 aliphatic rings. The first-order chi connectivity index (χ1) is 9.15. The van der Waals surface area contributed by atoms with E-state index in [1.807, 2.05) is 19.1 Å². The van der Waals surface area contributed by atoms with Gasteiger partial charge in [-0.05, 0) is 40.5 Å². The van der Waals surface area contributed by atoms with Gasteiger partial charge in [0.25, 0.3) is 0 Å². The summed E-state index contributed by atoms with van der Waals surface area (Å²) < 4.78 is 9.79. The van der Waals surface area contributed by atoms with E-state index in [1.165, 1.54) is 7.11 Å². The molecule has 0 spiro atoms. The third-order valence-corrected chi connectivity index (χ3v) is 2.20. The number of carbonyl (C=O) groups is 2. The van der Waals surface area contributed by atoms with Crippen molar-refractivity contribution in [1.29, 1.82) is 0 Å². The lowest BCUT2D eigenvalue weighted by Crippen LogP contribution is -2.43. The molecule has 1 N–H and O–H groups in total. The van der Waals surface area contributed by atoms with Crippen molar-refractivity contribution >= 4 is 12.1 Å². The predicted octanol–water partition coefficient (Wildman–Crippen LogP) is 2.97. The van der Waals surface area contributed by atoms with Crippen molar-refractivity contribution in [3.8, 4) is 0 Å². The Balaban J connectivity index is 4.46. The van der Waals surface area contributed by atoms with E-state index in [9.17, 15) is 9.59 Å². The van der Waals surface area contributed by atoms with Crippen molar-refractivity contribution in [3.63, 3.8) is 0 Å². The Labute approximate surface area is 121 Å². The Morgan fingerprint density at radius 3 is 2.40 bits per heavy atom. The van der Waals surface area contributed by atoms with Crippen LogP contribution >= 0.6 is 0 Å². The molecule has 0 aromatic heterocycles. The molecule has 114 valence electrons. The minimum atomic E-state index is -0.718. The zero-order chi connectivity index (χ0) is 15.8. The summed E-state index contributed by atoms with van der Waals surface area (Å²) in [5.74, 6) is -0.486. The molecule has 0 aliphatic carbocycles. The van der Waals surface area contributed by atoms with Gasteiger partial charge >= 0.3 is 12.1 Å². The fourth-order valence-corrected chi connectivity index (χ4v) is 1.39. The minimum absolute atomic E-state index is 0.440. The van der Waals surface area contributed by atoms with Gasteiger partial charge in [-0.15, -0.1) is 0 Å². The number of hydrogen-bond acceptors (Lipinski definition) is 4. The number of methoxy groups -OCH3 is 1. The molecule has 1 atom stereocenters. The van der Waals surface area contributed by atoms with E-state index in [4.69, 9.17) is 4.74 Å². The van der Waals surface area contributed by atoms with E-state index >= 15 is 0 Å². The fourth-order valence-electron chi connectivity index (χ4n) is 1.39. The summed E-state index contributed by atoms with van der Waals surface area (Å²) >= 11 is 0. The standard InChI is InChI=1S/C15H25NO4/c1-11(2)9-7-8-10-12(13(17)19-6)16-14(18)20-15(3,4)5/h7,9,12H,1,8,10H2,2-6H3,(H,16,18)/b9-7+/t12-/m0/s1. The first-order valence-corrected chi connectivity index (χ1v) is 6.55. The van der Waals surface area contributed by atoms with Gasteiger partial charge in [0, 0.05) is 0 Å². The van der Waals surface area contributed by atoms with Crippen molar-refractivity contribution in [1.82, 2.24) is 5.32 Å². The second-order valence-electron chi connectivity index (χ2n) is 5.55. The second kappa shape index (κ2) is 8.40. The Kier molecular flexibility index (Phi) is 7.65. The van der Waals surface area contributed by atoms with Crippen LogP contribution in [0.2, 0.25) is 0 Å². The molecule has 0 fully saturated rings. The number of ether oxygens (including phenoxy) is 2. The molecular formula is C15H25NO4. The van der Waals surface area contributed by atoms with E-state index < -0.39 is 23.7 Å². The molecule has 0 aliphatic heterocycles. The minimum Gasteiger partial charge on any atom is -0.467 e. The smallest absolute Gasteiger partial charge is 0.408 e. The van der Waals surface area contributed by atoms with Crippen LogP contribution in [0.3, 0.4) is 0 Å². The van der Waals surface area contributed by atoms with Crippen LogP contribution in [0.1, 0.15) is 40.5 Å². The highest BCUT2D eigenvalue weighted by Gasteiger charge is 2.24. The molecule has 0 radical (unpaired) electrons. The van der Waals surface area contributed by atoms with E-state index in [1.54, 1.807) is 20.8 Å². The van der Waals surface area contributed by atoms with Crippen LogP contribution in [0.15, 0.2) is 24.3 Å². The number of alkyl carbamates (subject to hydrolysis) is 1. The first kappa shape index (κ1) is 18.2. The highest BCUT2D eigenvalue weighted by molar-refractivity contribution is 5.81. The van der Waals surface area contributed by atoms with E-state index in [2.05, 4.69) is 16.6 Å². The summed E-state index contributed by atoms with van der Waals surface area (Å²) in [6, 6.07) is -0.718. The topological polar surface area (TPSA) is 64.6 Å². The molecule has 0 saturated heterocycles. The first-order valence-electron chi connectivity index (χ1n) is 6.55. The molecule has 0 rings (SSSR count). The van der Waals surface area contributed by atoms with E-state index in [-0.39, 0.29) is 0 Å². The van der Waals surface area contributed by atoms with Crippen LogP contribution in [0.5, 0.6) is 0 Å². The molecule has 20 heavy (non-hydrogen) atoms. The van der Waals surface area contributed by atoms with Crippen LogP contribution in [-0.4, -0.2) is 30.8 Å². The monoisotopic (exact) mass is 283 g/mol. The van der Waals surface area contributed by atoms with E-state index in [0.717, 1.165) is 5.57 Å². The quantitative estimate of drug-likeness (QED) is 0.601. The molecule has 5 heteroatoms. The lowest BCUT2D eigenvalue weighted by atomic mass is 10.1. The van der Waals surface area contributed by atoms with Crippen molar-refractivity contribution in [2.24, 2.45) is 0 Å². The van der Waals surface area contributed by atoms with Crippen LogP contribution < -0.4 is 5.32 Å². The van der Waals surface area contributed by atoms with E-state index in [0.29, 0.717) is 12.8 Å². The van der Waals surface area contributed by atoms with Gasteiger partial charge < -0.3 is 14.8 Å². The lowest BCUT2D eigenvalue weighted by molar-refractivity contribution is -0.143. The van der Waals surface area contributed by atoms with Gasteiger partial charge in [0.15, 0.2) is 0 Å². The Bertz CT molecular complexity index is 380. The van der Waals surface area contributed by atoms with Crippen molar-refractivity contribution in [2.45, 2.75) is 52.2 Å². The highest BCUT2D eigenvalue weighted by Crippen LogP contribution is 2.08. The summed E-state index contributed by atoms with van der Waals surface area (Å²) in [6.45, 7) is 10.9. The average Bonchev–Trinajstić information content (AvgIpc) is 2.29. The molecule has 0 unspecified atom stereocenters. The predicted molar refractivity (Wildman–Crippen MR) is 78.4 cm³/mol. The van der Waals surface area contributed by atoms with Gasteiger partial charge in [-0.25, -0.2) is 9.59 Å². The molecule has 0 bridgehead atoms. The van der Waals surface area contributed by atoms with Gasteiger partial charge in [0.05, 0.1) is 7.11 Å². The molecule has 0 heterocycles. The van der Waals surface area contributed by atoms with Gasteiger partial charge in [-0.3, -0.25) is 0 Å². The van der Waals surface area contributed by atoms with Crippen LogP contribution in [0.25, 0.3) is 0 Å². The van der Waals surface area contributed by atoms with Crippen LogP contribution in [-0.2, 0) is 14.3 Å². The van der Waals surface area contributed by atoms with Gasteiger partial charge in [-0.2, -0.15) is 0 Å². The Morgan fingerprint density at radius 1 is 1.35 bits per heavy atom. The zero-order valence-electron chi connectivity index (χ0n) is 13.0. The average molecular weight is 283 g/mol. The normalized spacial score (nSPS) is 12.8. The number of allylic oxidation sites excluding steroid dienone is 3. The van der Waals surface area contributed by atoms with Crippen molar-refractivity contribution < 1.29 is 19.1 Å². The Morgan fingerprint density at radius 2 is 1.95 bits per heavy atom. The number of amides is 1. The molecule has 5 nitrogen and oxygen atoms in total. The highest BCUT2D eigenvalue weighted by atomic mass is 16.6. The maximum atomic E-state index is 11.7. The number of carbonyl (C=O) groups excluding carboxylic acids is 2. The fraction of sp³-hybridized carbons (Fsp3) is 0.600. The maximum Gasteiger partial charge on any atom is 0.408 e. The third-order valence-electron chi connectivity index (χ3n) is 2.20. The van der Waals surface area contributed by atoms with Crippen LogP contribution in [0, 0.1) is 0 Å². The third kappa shape index (κ3) is 9.19. The van der Waals surface area contributed by atoms with Gasteiger partial charge in [0.2, 0.25) is 0 Å². The lowest BCUT2D eigenvalue weighted by Gasteiger charge is -2.22.